The molecule has 0 unspecified atom stereocenters. The summed E-state index contributed by atoms with van der Waals surface area (Å²) in [6.07, 6.45) is 0.966. The number of thiazole rings is 1. The first-order chi connectivity index (χ1) is 21.9. The Morgan fingerprint density at radius 2 is 1.87 bits per heavy atom. The van der Waals surface area contributed by atoms with Crippen LogP contribution in [-0.4, -0.2) is 67.2 Å². The molecule has 2 atom stereocenters. The number of thioether (sulfide) groups is 2. The molecule has 2 amide bonds. The second-order valence-electron chi connectivity index (χ2n) is 9.61. The first kappa shape index (κ1) is 30.8. The van der Waals surface area contributed by atoms with Gasteiger partial charge in [-0.3, -0.25) is 14.5 Å². The van der Waals surface area contributed by atoms with Crippen molar-refractivity contribution in [2.45, 2.75) is 23.3 Å². The Balaban J connectivity index is 1.28. The number of hydrogen-bond acceptors (Lipinski definition) is 14. The number of carbonyl (C=O) groups is 3. The second-order valence-corrected chi connectivity index (χ2v) is 13.5. The number of benzene rings is 2. The number of nitrogens with zero attached hydrogens (tertiary/aromatic N) is 5. The predicted molar refractivity (Wildman–Crippen MR) is 174 cm³/mol. The van der Waals surface area contributed by atoms with Crippen molar-refractivity contribution in [3.8, 4) is 0 Å². The largest absolute Gasteiger partial charge is 0.448 e. The zero-order valence-corrected chi connectivity index (χ0v) is 26.8. The van der Waals surface area contributed by atoms with Gasteiger partial charge in [0.1, 0.15) is 29.9 Å². The Bertz CT molecular complexity index is 1710. The van der Waals surface area contributed by atoms with Crippen molar-refractivity contribution in [3.63, 3.8) is 0 Å². The summed E-state index contributed by atoms with van der Waals surface area (Å²) in [4.78, 5) is 53.0. The maximum Gasteiger partial charge on any atom is 0.356 e. The molecule has 2 aliphatic rings. The van der Waals surface area contributed by atoms with E-state index in [1.165, 1.54) is 47.1 Å². The highest BCUT2D eigenvalue weighted by molar-refractivity contribution is 8.05. The van der Waals surface area contributed by atoms with Gasteiger partial charge in [0, 0.05) is 21.8 Å². The fourth-order valence-electron chi connectivity index (χ4n) is 4.75. The monoisotopic (exact) mass is 679 g/mol. The van der Waals surface area contributed by atoms with Gasteiger partial charge in [-0.1, -0.05) is 70.3 Å². The number of oxime groups is 1. The molecule has 0 bridgehead atoms. The van der Waals surface area contributed by atoms with E-state index in [1.54, 1.807) is 11.6 Å². The van der Waals surface area contributed by atoms with Crippen LogP contribution < -0.4 is 11.1 Å². The molecule has 0 saturated carbocycles. The molecule has 4 aromatic rings. The van der Waals surface area contributed by atoms with Gasteiger partial charge in [0.2, 0.25) is 0 Å². The number of nitrogen functional groups attached to an aromatic ring is 1. The van der Waals surface area contributed by atoms with Crippen LogP contribution in [0.5, 0.6) is 0 Å². The van der Waals surface area contributed by atoms with Crippen molar-refractivity contribution in [2.24, 2.45) is 5.16 Å². The van der Waals surface area contributed by atoms with Crippen LogP contribution in [0.25, 0.3) is 0 Å². The van der Waals surface area contributed by atoms with Crippen molar-refractivity contribution in [1.82, 2.24) is 24.8 Å². The Morgan fingerprint density at radius 1 is 1.16 bits per heavy atom. The molecular weight excluding hydrogens is 655 g/mol. The second kappa shape index (κ2) is 13.8. The van der Waals surface area contributed by atoms with Gasteiger partial charge in [0.05, 0.1) is 11.1 Å². The quantitative estimate of drug-likeness (QED) is 0.103. The van der Waals surface area contributed by atoms with Crippen LogP contribution in [0.4, 0.5) is 5.13 Å². The minimum atomic E-state index is -0.917. The number of hydrogen-bond donors (Lipinski definition) is 2. The fraction of sp³-hybridized carbons (Fsp3) is 0.207. The minimum absolute atomic E-state index is 0.115. The van der Waals surface area contributed by atoms with Crippen LogP contribution in [0, 0.1) is 0 Å². The highest BCUT2D eigenvalue weighted by Crippen LogP contribution is 2.45. The minimum Gasteiger partial charge on any atom is -0.448 e. The van der Waals surface area contributed by atoms with Crippen LogP contribution in [0.1, 0.15) is 27.8 Å². The zero-order valence-electron chi connectivity index (χ0n) is 23.6. The third kappa shape index (κ3) is 6.58. The van der Waals surface area contributed by atoms with Crippen LogP contribution >= 0.6 is 46.4 Å². The number of amides is 2. The SMILES string of the molecule is CO/N=C(\C(=O)N[C@@H]1C(=O)N2C(C(=O)OC(c3ccccc3)c3ccccc3)=C(SCc3cnns3)CS[C@@H]12)c1csc(N)n1. The van der Waals surface area contributed by atoms with E-state index in [2.05, 4.69) is 25.0 Å². The van der Waals surface area contributed by atoms with Crippen LogP contribution in [-0.2, 0) is 29.7 Å². The molecule has 2 aromatic carbocycles. The number of aromatic nitrogens is 3. The summed E-state index contributed by atoms with van der Waals surface area (Å²) in [5.74, 6) is -0.798. The van der Waals surface area contributed by atoms with Crippen LogP contribution in [0.3, 0.4) is 0 Å². The average Bonchev–Trinajstić information content (AvgIpc) is 3.76. The lowest BCUT2D eigenvalue weighted by Crippen LogP contribution is -2.71. The van der Waals surface area contributed by atoms with Gasteiger partial charge in [-0.05, 0) is 22.7 Å². The summed E-state index contributed by atoms with van der Waals surface area (Å²) < 4.78 is 10.1. The molecule has 1 saturated heterocycles. The summed E-state index contributed by atoms with van der Waals surface area (Å²) in [6, 6.07) is 17.9. The number of carbonyl (C=O) groups excluding carboxylic acids is 3. The van der Waals surface area contributed by atoms with Crippen molar-refractivity contribution in [2.75, 3.05) is 18.6 Å². The third-order valence-corrected chi connectivity index (χ3v) is 10.9. The molecule has 1 fully saturated rings. The Hall–Kier alpha value is -4.25. The van der Waals surface area contributed by atoms with Crippen molar-refractivity contribution < 1.29 is 24.0 Å². The number of fused-ring (bicyclic) bond motifs is 1. The van der Waals surface area contributed by atoms with E-state index in [9.17, 15) is 14.4 Å². The molecule has 0 spiro atoms. The number of ether oxygens (including phenoxy) is 1. The van der Waals surface area contributed by atoms with E-state index in [0.717, 1.165) is 27.3 Å². The first-order valence-corrected chi connectivity index (χ1v) is 17.1. The van der Waals surface area contributed by atoms with Gasteiger partial charge >= 0.3 is 5.97 Å². The van der Waals surface area contributed by atoms with Crippen molar-refractivity contribution >= 4 is 75.0 Å². The predicted octanol–water partition coefficient (Wildman–Crippen LogP) is 3.81. The van der Waals surface area contributed by atoms with Gasteiger partial charge in [-0.15, -0.1) is 40.0 Å². The summed E-state index contributed by atoms with van der Waals surface area (Å²) in [7, 11) is 1.30. The summed E-state index contributed by atoms with van der Waals surface area (Å²) in [6.45, 7) is 0. The lowest BCUT2D eigenvalue weighted by molar-refractivity contribution is -0.154. The number of rotatable bonds is 11. The van der Waals surface area contributed by atoms with E-state index in [0.29, 0.717) is 16.4 Å². The molecule has 0 aliphatic carbocycles. The molecule has 12 nitrogen and oxygen atoms in total. The first-order valence-electron chi connectivity index (χ1n) is 13.5. The van der Waals surface area contributed by atoms with Gasteiger partial charge in [-0.2, -0.15) is 0 Å². The van der Waals surface area contributed by atoms with E-state index >= 15 is 0 Å². The van der Waals surface area contributed by atoms with Gasteiger partial charge in [-0.25, -0.2) is 9.78 Å². The highest BCUT2D eigenvalue weighted by Gasteiger charge is 2.55. The molecule has 2 aromatic heterocycles. The van der Waals surface area contributed by atoms with Gasteiger partial charge in [0.25, 0.3) is 11.8 Å². The smallest absolute Gasteiger partial charge is 0.356 e. The van der Waals surface area contributed by atoms with E-state index in [-0.39, 0.29) is 22.2 Å². The fourth-order valence-corrected chi connectivity index (χ4v) is 8.42. The van der Waals surface area contributed by atoms with Crippen molar-refractivity contribution in [3.05, 3.63) is 105 Å². The van der Waals surface area contributed by atoms with E-state index in [1.807, 2.05) is 60.7 Å². The zero-order chi connectivity index (χ0) is 31.3. The Labute approximate surface area is 274 Å². The topological polar surface area (TPSA) is 162 Å². The number of β-lactam (4-membered cyclic amide) rings is 1. The Morgan fingerprint density at radius 3 is 2.47 bits per heavy atom. The standard InChI is InChI=1S/C29H25N7O5S4/c1-40-34-21(19-14-44-29(30)32-19)25(37)33-22-26(38)36-23(20(15-43-27(22)36)42-13-18-12-31-35-45-18)28(39)41-24(16-8-4-2-5-9-16)17-10-6-3-7-11-17/h2-12,14,22,24,27H,13,15H2,1H3,(H2,30,32)(H,33,37)/b34-21-/t22-,27+/m1/s1. The van der Waals surface area contributed by atoms with Gasteiger partial charge < -0.3 is 20.6 Å². The average molecular weight is 680 g/mol. The number of esters is 1. The highest BCUT2D eigenvalue weighted by atomic mass is 32.2. The normalized spacial score (nSPS) is 18.0. The third-order valence-electron chi connectivity index (χ3n) is 6.80. The van der Waals surface area contributed by atoms with E-state index < -0.39 is 35.3 Å². The lowest BCUT2D eigenvalue weighted by Gasteiger charge is -2.49. The molecular formula is C29H25N7O5S4. The molecule has 4 heterocycles. The number of nitrogens with two attached hydrogens (primary N) is 1. The Kier molecular flexibility index (Phi) is 9.44. The van der Waals surface area contributed by atoms with Gasteiger partial charge in [0.15, 0.2) is 16.9 Å². The number of nitrogens with one attached hydrogen (secondary N) is 1. The molecule has 45 heavy (non-hydrogen) atoms. The molecule has 2 aliphatic heterocycles. The van der Waals surface area contributed by atoms with Crippen molar-refractivity contribution in [1.29, 1.82) is 0 Å². The maximum atomic E-state index is 14.1. The summed E-state index contributed by atoms with van der Waals surface area (Å²) >= 11 is 5.28. The van der Waals surface area contributed by atoms with Crippen LogP contribution in [0.15, 0.2) is 88.0 Å². The molecule has 16 heteroatoms. The molecule has 0 radical (unpaired) electrons. The maximum absolute atomic E-state index is 14.1. The summed E-state index contributed by atoms with van der Waals surface area (Å²) in [5, 5.41) is 11.7. The molecule has 6 rings (SSSR count). The lowest BCUT2D eigenvalue weighted by atomic mass is 10.0. The molecule has 3 N–H and O–H groups in total. The van der Waals surface area contributed by atoms with Crippen LogP contribution in [0.2, 0.25) is 0 Å². The van der Waals surface area contributed by atoms with E-state index in [4.69, 9.17) is 15.3 Å². The summed E-state index contributed by atoms with van der Waals surface area (Å²) in [5.41, 5.74) is 7.59. The molecule has 230 valence electrons. The number of anilines is 1.